The molecule has 0 bridgehead atoms. The van der Waals surface area contributed by atoms with Crippen LogP contribution in [0.15, 0.2) is 47.7 Å². The molecule has 0 radical (unpaired) electrons. The molecule has 0 aliphatic carbocycles. The molecular weight excluding hydrogens is 286 g/mol. The third-order valence-corrected chi connectivity index (χ3v) is 3.21. The minimum atomic E-state index is -0.0273. The molecule has 1 aromatic heterocycles. The summed E-state index contributed by atoms with van der Waals surface area (Å²) >= 11 is 0. The van der Waals surface area contributed by atoms with Crippen LogP contribution in [0.5, 0.6) is 0 Å². The summed E-state index contributed by atoms with van der Waals surface area (Å²) in [6.45, 7) is 10.6. The molecule has 0 amide bonds. The van der Waals surface area contributed by atoms with E-state index >= 15 is 0 Å². The Morgan fingerprint density at radius 3 is 2.61 bits per heavy atom. The van der Waals surface area contributed by atoms with E-state index in [2.05, 4.69) is 77.1 Å². The van der Waals surface area contributed by atoms with Crippen LogP contribution in [0.25, 0.3) is 0 Å². The summed E-state index contributed by atoms with van der Waals surface area (Å²) < 4.78 is 2.14. The third-order valence-electron chi connectivity index (χ3n) is 3.21. The Morgan fingerprint density at radius 1 is 1.22 bits per heavy atom. The van der Waals surface area contributed by atoms with Gasteiger partial charge in [0.2, 0.25) is 0 Å². The summed E-state index contributed by atoms with van der Waals surface area (Å²) in [5, 5.41) is 6.66. The van der Waals surface area contributed by atoms with Crippen LogP contribution in [-0.2, 0) is 13.1 Å². The molecule has 0 atom stereocenters. The number of aromatic nitrogens is 2. The Labute approximate surface area is 138 Å². The van der Waals surface area contributed by atoms with Gasteiger partial charge in [0.15, 0.2) is 5.96 Å². The van der Waals surface area contributed by atoms with Gasteiger partial charge < -0.3 is 15.2 Å². The maximum Gasteiger partial charge on any atom is 0.192 e. The predicted molar refractivity (Wildman–Crippen MR) is 95.5 cm³/mol. The third kappa shape index (κ3) is 5.77. The summed E-state index contributed by atoms with van der Waals surface area (Å²) in [7, 11) is 0. The van der Waals surface area contributed by atoms with Gasteiger partial charge in [0.05, 0.1) is 0 Å². The van der Waals surface area contributed by atoms with Gasteiger partial charge in [0.1, 0.15) is 12.4 Å². The second-order valence-corrected chi connectivity index (χ2v) is 6.53. The number of benzene rings is 1. The lowest BCUT2D eigenvalue weighted by molar-refractivity contribution is 0.501. The van der Waals surface area contributed by atoms with E-state index in [9.17, 15) is 0 Å². The van der Waals surface area contributed by atoms with Crippen LogP contribution >= 0.6 is 0 Å². The Balaban J connectivity index is 2.07. The van der Waals surface area contributed by atoms with Crippen LogP contribution in [0.4, 0.5) is 0 Å². The maximum atomic E-state index is 4.65. The quantitative estimate of drug-likeness (QED) is 0.659. The lowest BCUT2D eigenvalue weighted by Gasteiger charge is -2.23. The van der Waals surface area contributed by atoms with E-state index in [4.69, 9.17) is 0 Å². The van der Waals surface area contributed by atoms with Gasteiger partial charge >= 0.3 is 0 Å². The largest absolute Gasteiger partial charge is 0.357 e. The van der Waals surface area contributed by atoms with Gasteiger partial charge in [0.25, 0.3) is 0 Å². The number of guanidine groups is 1. The number of nitrogens with one attached hydrogen (secondary N) is 2. The van der Waals surface area contributed by atoms with Gasteiger partial charge in [-0.1, -0.05) is 30.3 Å². The van der Waals surface area contributed by atoms with E-state index in [1.54, 1.807) is 0 Å². The average Bonchev–Trinajstić information content (AvgIpc) is 2.92. The molecule has 0 fully saturated rings. The molecule has 1 heterocycles. The Kier molecular flexibility index (Phi) is 5.79. The predicted octanol–water partition coefficient (Wildman–Crippen LogP) is 2.79. The van der Waals surface area contributed by atoms with Gasteiger partial charge in [-0.15, -0.1) is 0 Å². The van der Waals surface area contributed by atoms with Crippen molar-refractivity contribution in [3.8, 4) is 0 Å². The first-order valence-electron chi connectivity index (χ1n) is 8.08. The van der Waals surface area contributed by atoms with Crippen molar-refractivity contribution in [1.29, 1.82) is 0 Å². The van der Waals surface area contributed by atoms with Gasteiger partial charge in [-0.05, 0) is 33.3 Å². The summed E-state index contributed by atoms with van der Waals surface area (Å²) in [5.74, 6) is 1.77. The molecular formula is C18H27N5. The fourth-order valence-electron chi connectivity index (χ4n) is 2.23. The average molecular weight is 313 g/mol. The monoisotopic (exact) mass is 313 g/mol. The first-order chi connectivity index (χ1) is 11.0. The van der Waals surface area contributed by atoms with Crippen molar-refractivity contribution in [2.75, 3.05) is 6.54 Å². The van der Waals surface area contributed by atoms with Crippen molar-refractivity contribution >= 4 is 5.96 Å². The topological polar surface area (TPSA) is 54.2 Å². The molecule has 0 aliphatic heterocycles. The molecule has 0 spiro atoms. The molecule has 0 saturated carbocycles. The van der Waals surface area contributed by atoms with Gasteiger partial charge in [-0.25, -0.2) is 9.98 Å². The normalized spacial score (nSPS) is 12.3. The minimum absolute atomic E-state index is 0.0273. The summed E-state index contributed by atoms with van der Waals surface area (Å²) in [4.78, 5) is 9.10. The zero-order valence-corrected chi connectivity index (χ0v) is 14.5. The van der Waals surface area contributed by atoms with E-state index in [1.807, 2.05) is 18.5 Å². The SMILES string of the molecule is CCNC(=NCc1nccn1Cc1ccccc1)NC(C)(C)C. The van der Waals surface area contributed by atoms with Crippen LogP contribution in [0.2, 0.25) is 0 Å². The van der Waals surface area contributed by atoms with Gasteiger partial charge in [-0.3, -0.25) is 0 Å². The summed E-state index contributed by atoms with van der Waals surface area (Å²) in [6, 6.07) is 10.4. The molecule has 2 N–H and O–H groups in total. The van der Waals surface area contributed by atoms with E-state index in [0.717, 1.165) is 24.9 Å². The van der Waals surface area contributed by atoms with Gasteiger partial charge in [-0.2, -0.15) is 0 Å². The van der Waals surface area contributed by atoms with Crippen LogP contribution in [0.3, 0.4) is 0 Å². The fourth-order valence-corrected chi connectivity index (χ4v) is 2.23. The highest BCUT2D eigenvalue weighted by molar-refractivity contribution is 5.80. The molecule has 2 rings (SSSR count). The molecule has 5 heteroatoms. The lowest BCUT2D eigenvalue weighted by atomic mass is 10.1. The number of rotatable bonds is 5. The number of aliphatic imine (C=N–C) groups is 1. The van der Waals surface area contributed by atoms with Gasteiger partial charge in [0, 0.05) is 31.0 Å². The summed E-state index contributed by atoms with van der Waals surface area (Å²) in [5.41, 5.74) is 1.23. The molecule has 0 aliphatic rings. The number of imidazole rings is 1. The molecule has 23 heavy (non-hydrogen) atoms. The molecule has 2 aromatic rings. The van der Waals surface area contributed by atoms with Crippen molar-refractivity contribution in [2.24, 2.45) is 4.99 Å². The van der Waals surface area contributed by atoms with Crippen molar-refractivity contribution in [1.82, 2.24) is 20.2 Å². The molecule has 124 valence electrons. The van der Waals surface area contributed by atoms with Crippen LogP contribution < -0.4 is 10.6 Å². The highest BCUT2D eigenvalue weighted by Gasteiger charge is 2.12. The Hall–Kier alpha value is -2.30. The standard InChI is InChI=1S/C18H27N5/c1-5-19-17(22-18(2,3)4)21-13-16-20-11-12-23(16)14-15-9-7-6-8-10-15/h6-12H,5,13-14H2,1-4H3,(H2,19,21,22). The molecule has 0 unspecified atom stereocenters. The van der Waals surface area contributed by atoms with Crippen molar-refractivity contribution in [3.63, 3.8) is 0 Å². The highest BCUT2D eigenvalue weighted by Crippen LogP contribution is 2.07. The van der Waals surface area contributed by atoms with Crippen LogP contribution in [0.1, 0.15) is 39.1 Å². The lowest BCUT2D eigenvalue weighted by Crippen LogP contribution is -2.47. The van der Waals surface area contributed by atoms with Crippen LogP contribution in [0, 0.1) is 0 Å². The van der Waals surface area contributed by atoms with E-state index in [1.165, 1.54) is 5.56 Å². The van der Waals surface area contributed by atoms with Crippen molar-refractivity contribution in [2.45, 2.75) is 46.3 Å². The number of hydrogen-bond acceptors (Lipinski definition) is 2. The highest BCUT2D eigenvalue weighted by atomic mass is 15.2. The second kappa shape index (κ2) is 7.81. The number of nitrogens with zero attached hydrogens (tertiary/aromatic N) is 3. The molecule has 1 aromatic carbocycles. The first kappa shape index (κ1) is 17.1. The zero-order chi connectivity index (χ0) is 16.7. The minimum Gasteiger partial charge on any atom is -0.357 e. The Bertz CT molecular complexity index is 622. The first-order valence-corrected chi connectivity index (χ1v) is 8.08. The van der Waals surface area contributed by atoms with E-state index < -0.39 is 0 Å². The molecule has 0 saturated heterocycles. The zero-order valence-electron chi connectivity index (χ0n) is 14.5. The van der Waals surface area contributed by atoms with Crippen LogP contribution in [-0.4, -0.2) is 27.6 Å². The maximum absolute atomic E-state index is 4.65. The molecule has 5 nitrogen and oxygen atoms in total. The number of hydrogen-bond donors (Lipinski definition) is 2. The smallest absolute Gasteiger partial charge is 0.192 e. The second-order valence-electron chi connectivity index (χ2n) is 6.53. The summed E-state index contributed by atoms with van der Waals surface area (Å²) in [6.07, 6.45) is 3.83. The fraction of sp³-hybridized carbons (Fsp3) is 0.444. The van der Waals surface area contributed by atoms with E-state index in [0.29, 0.717) is 6.54 Å². The Morgan fingerprint density at radius 2 is 1.96 bits per heavy atom. The van der Waals surface area contributed by atoms with E-state index in [-0.39, 0.29) is 5.54 Å². The van der Waals surface area contributed by atoms with Crippen molar-refractivity contribution in [3.05, 3.63) is 54.1 Å². The van der Waals surface area contributed by atoms with Crippen molar-refractivity contribution < 1.29 is 0 Å².